The number of hydrogen-bond acceptors (Lipinski definition) is 3. The largest absolute Gasteiger partial charge is 0.350 e. The summed E-state index contributed by atoms with van der Waals surface area (Å²) >= 11 is 1.21. The Hall–Kier alpha value is -2.48. The van der Waals surface area contributed by atoms with E-state index in [-0.39, 0.29) is 41.4 Å². The fourth-order valence-electron chi connectivity index (χ4n) is 3.42. The second kappa shape index (κ2) is 9.55. The van der Waals surface area contributed by atoms with Crippen molar-refractivity contribution in [1.29, 1.82) is 0 Å². The summed E-state index contributed by atoms with van der Waals surface area (Å²) in [6.07, 6.45) is 0.390. The molecule has 2 aromatic carbocycles. The van der Waals surface area contributed by atoms with E-state index in [2.05, 4.69) is 5.32 Å². The number of hydrogen-bond donors (Lipinski definition) is 1. The number of halogens is 3. The van der Waals surface area contributed by atoms with Gasteiger partial charge in [-0.3, -0.25) is 9.59 Å². The van der Waals surface area contributed by atoms with E-state index in [0.29, 0.717) is 6.42 Å². The average molecular weight is 436 g/mol. The lowest BCUT2D eigenvalue weighted by atomic mass is 10.00. The number of carbonyl (C=O) groups excluding carboxylic acids is 2. The van der Waals surface area contributed by atoms with Gasteiger partial charge < -0.3 is 10.2 Å². The molecule has 0 bridgehead atoms. The van der Waals surface area contributed by atoms with Crippen molar-refractivity contribution in [3.8, 4) is 0 Å². The molecule has 0 aromatic heterocycles. The maximum absolute atomic E-state index is 14.4. The average Bonchev–Trinajstić information content (AvgIpc) is 3.06. The Bertz CT molecular complexity index is 921. The van der Waals surface area contributed by atoms with Crippen LogP contribution in [0.1, 0.15) is 36.8 Å². The van der Waals surface area contributed by atoms with Gasteiger partial charge in [-0.15, -0.1) is 11.8 Å². The van der Waals surface area contributed by atoms with Gasteiger partial charge in [0.05, 0.1) is 5.75 Å². The highest BCUT2D eigenvalue weighted by Crippen LogP contribution is 2.42. The van der Waals surface area contributed by atoms with Crippen molar-refractivity contribution in [3.05, 3.63) is 71.0 Å². The summed E-state index contributed by atoms with van der Waals surface area (Å²) in [4.78, 5) is 27.1. The van der Waals surface area contributed by atoms with E-state index in [4.69, 9.17) is 0 Å². The zero-order valence-electron chi connectivity index (χ0n) is 16.7. The fourth-order valence-corrected chi connectivity index (χ4v) is 4.66. The summed E-state index contributed by atoms with van der Waals surface area (Å²) in [5.41, 5.74) is 0.892. The molecule has 0 radical (unpaired) electrons. The molecule has 1 aliphatic rings. The first-order valence-electron chi connectivity index (χ1n) is 9.66. The van der Waals surface area contributed by atoms with Crippen molar-refractivity contribution in [3.63, 3.8) is 0 Å². The summed E-state index contributed by atoms with van der Waals surface area (Å²) in [6.45, 7) is 4.04. The number of rotatable bonds is 7. The molecule has 3 rings (SSSR count). The molecule has 160 valence electrons. The first-order valence-corrected chi connectivity index (χ1v) is 10.7. The number of thioether (sulfide) groups is 1. The first-order chi connectivity index (χ1) is 14.3. The van der Waals surface area contributed by atoms with Gasteiger partial charge in [0.1, 0.15) is 28.9 Å². The molecule has 2 aromatic rings. The highest BCUT2D eigenvalue weighted by molar-refractivity contribution is 8.00. The molecule has 0 saturated carbocycles. The van der Waals surface area contributed by atoms with E-state index < -0.39 is 23.1 Å². The fraction of sp³-hybridized carbons (Fsp3) is 0.364. The van der Waals surface area contributed by atoms with Gasteiger partial charge in [-0.05, 0) is 36.1 Å². The number of nitrogens with one attached hydrogen (secondary N) is 1. The van der Waals surface area contributed by atoms with Crippen LogP contribution < -0.4 is 5.32 Å². The third-order valence-electron chi connectivity index (χ3n) is 4.85. The highest BCUT2D eigenvalue weighted by Gasteiger charge is 2.42. The maximum Gasteiger partial charge on any atom is 0.243 e. The molecule has 0 spiro atoms. The smallest absolute Gasteiger partial charge is 0.243 e. The monoisotopic (exact) mass is 436 g/mol. The zero-order chi connectivity index (χ0) is 21.8. The second-order valence-electron chi connectivity index (χ2n) is 7.62. The predicted molar refractivity (Wildman–Crippen MR) is 110 cm³/mol. The normalized spacial score (nSPS) is 17.5. The Morgan fingerprint density at radius 1 is 1.13 bits per heavy atom. The van der Waals surface area contributed by atoms with Gasteiger partial charge in [0.25, 0.3) is 0 Å². The van der Waals surface area contributed by atoms with Crippen molar-refractivity contribution in [2.24, 2.45) is 5.92 Å². The Labute approximate surface area is 177 Å². The third kappa shape index (κ3) is 5.16. The molecule has 1 saturated heterocycles. The molecule has 8 heteroatoms. The van der Waals surface area contributed by atoms with Crippen LogP contribution in [0.3, 0.4) is 0 Å². The Morgan fingerprint density at radius 3 is 2.43 bits per heavy atom. The van der Waals surface area contributed by atoms with Gasteiger partial charge in [0.15, 0.2) is 0 Å². The summed E-state index contributed by atoms with van der Waals surface area (Å²) in [6, 6.07) is 8.19. The van der Waals surface area contributed by atoms with Crippen LogP contribution in [-0.4, -0.2) is 28.5 Å². The highest BCUT2D eigenvalue weighted by atomic mass is 32.2. The molecule has 1 heterocycles. The van der Waals surface area contributed by atoms with E-state index in [1.807, 2.05) is 13.8 Å². The van der Waals surface area contributed by atoms with E-state index in [1.165, 1.54) is 34.9 Å². The SMILES string of the molecule is CC(C)C[C@H](C(=O)NCc1ccc(F)cc1)N1C(=O)CS[C@@H]1c1ccc(F)cc1F. The van der Waals surface area contributed by atoms with Gasteiger partial charge in [-0.1, -0.05) is 32.0 Å². The molecular formula is C22H23F3N2O2S. The van der Waals surface area contributed by atoms with Gasteiger partial charge in [-0.25, -0.2) is 13.2 Å². The Morgan fingerprint density at radius 2 is 1.80 bits per heavy atom. The van der Waals surface area contributed by atoms with Crippen LogP contribution >= 0.6 is 11.8 Å². The Balaban J connectivity index is 1.83. The van der Waals surface area contributed by atoms with Gasteiger partial charge in [0, 0.05) is 18.2 Å². The summed E-state index contributed by atoms with van der Waals surface area (Å²) < 4.78 is 40.8. The van der Waals surface area contributed by atoms with Crippen molar-refractivity contribution < 1.29 is 22.8 Å². The number of benzene rings is 2. The maximum atomic E-state index is 14.4. The molecular weight excluding hydrogens is 413 g/mol. The lowest BCUT2D eigenvalue weighted by Gasteiger charge is -2.33. The van der Waals surface area contributed by atoms with Crippen molar-refractivity contribution in [2.75, 3.05) is 5.75 Å². The Kier molecular flexibility index (Phi) is 7.07. The van der Waals surface area contributed by atoms with E-state index in [9.17, 15) is 22.8 Å². The van der Waals surface area contributed by atoms with Crippen molar-refractivity contribution >= 4 is 23.6 Å². The van der Waals surface area contributed by atoms with Crippen LogP contribution in [0.2, 0.25) is 0 Å². The lowest BCUT2D eigenvalue weighted by molar-refractivity contribution is -0.139. The molecule has 1 N–H and O–H groups in total. The summed E-state index contributed by atoms with van der Waals surface area (Å²) in [5.74, 6) is -2.24. The molecule has 2 atom stereocenters. The van der Waals surface area contributed by atoms with Crippen LogP contribution in [0.25, 0.3) is 0 Å². The molecule has 1 aliphatic heterocycles. The van der Waals surface area contributed by atoms with Crippen LogP contribution in [0.15, 0.2) is 42.5 Å². The van der Waals surface area contributed by atoms with E-state index >= 15 is 0 Å². The lowest BCUT2D eigenvalue weighted by Crippen LogP contribution is -2.49. The minimum atomic E-state index is -0.803. The van der Waals surface area contributed by atoms with Crippen LogP contribution in [0.5, 0.6) is 0 Å². The molecule has 4 nitrogen and oxygen atoms in total. The molecule has 2 amide bonds. The summed E-state index contributed by atoms with van der Waals surface area (Å²) in [5, 5.41) is 2.09. The van der Waals surface area contributed by atoms with E-state index in [0.717, 1.165) is 17.7 Å². The third-order valence-corrected chi connectivity index (χ3v) is 6.06. The molecule has 0 unspecified atom stereocenters. The van der Waals surface area contributed by atoms with E-state index in [1.54, 1.807) is 12.1 Å². The number of carbonyl (C=O) groups is 2. The van der Waals surface area contributed by atoms with Crippen molar-refractivity contribution in [2.45, 2.75) is 38.2 Å². The minimum absolute atomic E-state index is 0.101. The molecule has 0 aliphatic carbocycles. The second-order valence-corrected chi connectivity index (χ2v) is 8.69. The van der Waals surface area contributed by atoms with Crippen LogP contribution in [0, 0.1) is 23.4 Å². The van der Waals surface area contributed by atoms with Crippen molar-refractivity contribution in [1.82, 2.24) is 10.2 Å². The zero-order valence-corrected chi connectivity index (χ0v) is 17.5. The van der Waals surface area contributed by atoms with Gasteiger partial charge in [-0.2, -0.15) is 0 Å². The number of amides is 2. The topological polar surface area (TPSA) is 49.4 Å². The first kappa shape index (κ1) is 22.2. The standard InChI is InChI=1S/C22H23F3N2O2S/c1-13(2)9-19(21(29)26-11-14-3-5-15(23)6-4-14)27-20(28)12-30-22(27)17-8-7-16(24)10-18(17)25/h3-8,10,13,19,22H,9,11-12H2,1-2H3,(H,26,29)/t19-,22-/m1/s1. The molecule has 1 fully saturated rings. The summed E-state index contributed by atoms with van der Waals surface area (Å²) in [7, 11) is 0. The minimum Gasteiger partial charge on any atom is -0.350 e. The number of nitrogens with zero attached hydrogens (tertiary/aromatic N) is 1. The molecule has 30 heavy (non-hydrogen) atoms. The van der Waals surface area contributed by atoms with Gasteiger partial charge in [0.2, 0.25) is 11.8 Å². The predicted octanol–water partition coefficient (Wildman–Crippen LogP) is 4.41. The van der Waals surface area contributed by atoms with Gasteiger partial charge >= 0.3 is 0 Å². The van der Waals surface area contributed by atoms with Crippen LogP contribution in [-0.2, 0) is 16.1 Å². The quantitative estimate of drug-likeness (QED) is 0.700. The van der Waals surface area contributed by atoms with Crippen LogP contribution in [0.4, 0.5) is 13.2 Å².